The molecule has 4 nitrogen and oxygen atoms in total. The summed E-state index contributed by atoms with van der Waals surface area (Å²) in [5.74, 6) is 5.46. The van der Waals surface area contributed by atoms with Gasteiger partial charge in [0.2, 0.25) is 4.77 Å². The van der Waals surface area contributed by atoms with Crippen LogP contribution in [0, 0.1) is 10.6 Å². The number of rotatable bonds is 1. The first-order chi connectivity index (χ1) is 6.70. The van der Waals surface area contributed by atoms with Crippen LogP contribution in [-0.2, 0) is 0 Å². The smallest absolute Gasteiger partial charge is 0.214 e. The maximum absolute atomic E-state index is 13.3. The molecule has 1 heterocycles. The molecule has 0 aliphatic rings. The van der Waals surface area contributed by atoms with E-state index >= 15 is 0 Å². The van der Waals surface area contributed by atoms with Gasteiger partial charge in [-0.15, -0.1) is 0 Å². The largest absolute Gasteiger partial charge is 0.335 e. The molecule has 2 aromatic rings. The van der Waals surface area contributed by atoms with E-state index in [9.17, 15) is 4.39 Å². The highest BCUT2D eigenvalue weighted by Crippen LogP contribution is 2.18. The van der Waals surface area contributed by atoms with Crippen LogP contribution in [0.1, 0.15) is 0 Å². The molecular formula is C8H7FN4S. The van der Waals surface area contributed by atoms with Crippen LogP contribution in [0.2, 0.25) is 0 Å². The second-order valence-electron chi connectivity index (χ2n) is 2.70. The summed E-state index contributed by atoms with van der Waals surface area (Å²) in [7, 11) is 0. The van der Waals surface area contributed by atoms with Crippen molar-refractivity contribution in [2.24, 2.45) is 0 Å². The monoisotopic (exact) mass is 210 g/mol. The zero-order chi connectivity index (χ0) is 10.1. The molecule has 0 aliphatic carbocycles. The number of hydrogen-bond acceptors (Lipinski definition) is 3. The summed E-state index contributed by atoms with van der Waals surface area (Å²) >= 11 is 4.81. The second-order valence-corrected chi connectivity index (χ2v) is 3.09. The number of nitrogen functional groups attached to an aromatic ring is 1. The Morgan fingerprint density at radius 3 is 2.71 bits per heavy atom. The Kier molecular flexibility index (Phi) is 2.05. The van der Waals surface area contributed by atoms with Gasteiger partial charge in [0.05, 0.1) is 5.56 Å². The normalized spacial score (nSPS) is 10.4. The van der Waals surface area contributed by atoms with Crippen molar-refractivity contribution in [2.75, 3.05) is 5.84 Å². The average molecular weight is 210 g/mol. The third kappa shape index (κ3) is 1.29. The Morgan fingerprint density at radius 2 is 2.14 bits per heavy atom. The van der Waals surface area contributed by atoms with Gasteiger partial charge in [-0.3, -0.25) is 0 Å². The topological polar surface area (TPSA) is 59.6 Å². The molecule has 1 aromatic heterocycles. The van der Waals surface area contributed by atoms with E-state index in [-0.39, 0.29) is 16.4 Å². The highest BCUT2D eigenvalue weighted by molar-refractivity contribution is 7.71. The standard InChI is InChI=1S/C8H7FN4S/c9-6-4-2-1-3-5(6)7-11-12-8(14)13(7)10/h1-4H,10H2,(H,12,14). The van der Waals surface area contributed by atoms with Crippen LogP contribution in [0.3, 0.4) is 0 Å². The SMILES string of the molecule is Nn1c(-c2ccccc2F)n[nH]c1=S. The van der Waals surface area contributed by atoms with E-state index in [4.69, 9.17) is 18.1 Å². The maximum atomic E-state index is 13.3. The number of aromatic amines is 1. The van der Waals surface area contributed by atoms with Gasteiger partial charge in [0.1, 0.15) is 5.82 Å². The van der Waals surface area contributed by atoms with Gasteiger partial charge in [-0.1, -0.05) is 12.1 Å². The van der Waals surface area contributed by atoms with Gasteiger partial charge in [-0.05, 0) is 24.4 Å². The molecule has 0 aliphatic heterocycles. The fraction of sp³-hybridized carbons (Fsp3) is 0. The third-order valence-corrected chi connectivity index (χ3v) is 2.11. The predicted molar refractivity (Wildman–Crippen MR) is 53.0 cm³/mol. The first kappa shape index (κ1) is 8.89. The van der Waals surface area contributed by atoms with Crippen LogP contribution in [-0.4, -0.2) is 14.9 Å². The quantitative estimate of drug-likeness (QED) is 0.553. The molecule has 0 amide bonds. The Labute approximate surface area is 84.1 Å². The van der Waals surface area contributed by atoms with Gasteiger partial charge in [0.15, 0.2) is 5.82 Å². The van der Waals surface area contributed by atoms with Gasteiger partial charge in [-0.2, -0.15) is 5.10 Å². The fourth-order valence-corrected chi connectivity index (χ4v) is 1.27. The Balaban J connectivity index is 2.66. The highest BCUT2D eigenvalue weighted by atomic mass is 32.1. The fourth-order valence-electron chi connectivity index (χ4n) is 1.14. The number of nitrogens with zero attached hydrogens (tertiary/aromatic N) is 2. The van der Waals surface area contributed by atoms with Crippen LogP contribution in [0.25, 0.3) is 11.4 Å². The summed E-state index contributed by atoms with van der Waals surface area (Å²) in [6.07, 6.45) is 0. The summed E-state index contributed by atoms with van der Waals surface area (Å²) in [5, 5.41) is 6.31. The number of nitrogens with two attached hydrogens (primary N) is 1. The molecule has 3 N–H and O–H groups in total. The highest BCUT2D eigenvalue weighted by Gasteiger charge is 2.10. The minimum atomic E-state index is -0.381. The number of H-pyrrole nitrogens is 1. The number of halogens is 1. The van der Waals surface area contributed by atoms with E-state index in [1.165, 1.54) is 6.07 Å². The third-order valence-electron chi connectivity index (χ3n) is 1.82. The lowest BCUT2D eigenvalue weighted by atomic mass is 10.2. The second kappa shape index (κ2) is 3.22. The molecule has 0 radical (unpaired) electrons. The molecule has 1 aromatic carbocycles. The van der Waals surface area contributed by atoms with Crippen molar-refractivity contribution in [2.45, 2.75) is 0 Å². The Morgan fingerprint density at radius 1 is 1.43 bits per heavy atom. The van der Waals surface area contributed by atoms with Gasteiger partial charge in [-0.25, -0.2) is 14.2 Å². The Hall–Kier alpha value is -1.69. The first-order valence-corrected chi connectivity index (χ1v) is 4.28. The summed E-state index contributed by atoms with van der Waals surface area (Å²) < 4.78 is 14.7. The average Bonchev–Trinajstić information content (AvgIpc) is 2.49. The molecule has 0 saturated carbocycles. The van der Waals surface area contributed by atoms with Crippen LogP contribution >= 0.6 is 12.2 Å². The van der Waals surface area contributed by atoms with Crippen molar-refractivity contribution in [3.05, 3.63) is 34.9 Å². The molecule has 0 bridgehead atoms. The van der Waals surface area contributed by atoms with Crippen molar-refractivity contribution >= 4 is 12.2 Å². The minimum absolute atomic E-state index is 0.253. The molecule has 0 fully saturated rings. The van der Waals surface area contributed by atoms with E-state index in [2.05, 4.69) is 10.2 Å². The zero-order valence-electron chi connectivity index (χ0n) is 7.07. The van der Waals surface area contributed by atoms with E-state index in [1.54, 1.807) is 18.2 Å². The molecule has 6 heteroatoms. The molecule has 2 rings (SSSR count). The molecule has 72 valence electrons. The van der Waals surface area contributed by atoms with Crippen LogP contribution in [0.4, 0.5) is 4.39 Å². The summed E-state index contributed by atoms with van der Waals surface area (Å²) in [6, 6.07) is 6.23. The summed E-state index contributed by atoms with van der Waals surface area (Å²) in [6.45, 7) is 0. The first-order valence-electron chi connectivity index (χ1n) is 3.87. The van der Waals surface area contributed by atoms with Crippen LogP contribution < -0.4 is 5.84 Å². The minimum Gasteiger partial charge on any atom is -0.335 e. The number of aromatic nitrogens is 3. The van der Waals surface area contributed by atoms with Crippen molar-refractivity contribution < 1.29 is 4.39 Å². The summed E-state index contributed by atoms with van der Waals surface area (Å²) in [4.78, 5) is 0. The van der Waals surface area contributed by atoms with Crippen LogP contribution in [0.15, 0.2) is 24.3 Å². The van der Waals surface area contributed by atoms with E-state index in [0.29, 0.717) is 5.56 Å². The lowest BCUT2D eigenvalue weighted by Crippen LogP contribution is -2.10. The van der Waals surface area contributed by atoms with E-state index in [0.717, 1.165) is 4.68 Å². The van der Waals surface area contributed by atoms with E-state index < -0.39 is 0 Å². The molecule has 0 atom stereocenters. The number of benzene rings is 1. The van der Waals surface area contributed by atoms with Crippen molar-refractivity contribution in [3.63, 3.8) is 0 Å². The molecule has 0 unspecified atom stereocenters. The molecule has 0 saturated heterocycles. The van der Waals surface area contributed by atoms with Gasteiger partial charge in [0.25, 0.3) is 0 Å². The van der Waals surface area contributed by atoms with Crippen LogP contribution in [0.5, 0.6) is 0 Å². The van der Waals surface area contributed by atoms with Gasteiger partial charge >= 0.3 is 0 Å². The molecule has 14 heavy (non-hydrogen) atoms. The molecular weight excluding hydrogens is 203 g/mol. The number of nitrogens with one attached hydrogen (secondary N) is 1. The maximum Gasteiger partial charge on any atom is 0.214 e. The van der Waals surface area contributed by atoms with Gasteiger partial charge in [0, 0.05) is 0 Å². The zero-order valence-corrected chi connectivity index (χ0v) is 7.88. The summed E-state index contributed by atoms with van der Waals surface area (Å²) in [5.41, 5.74) is 0.322. The molecule has 0 spiro atoms. The van der Waals surface area contributed by atoms with Crippen molar-refractivity contribution in [3.8, 4) is 11.4 Å². The lowest BCUT2D eigenvalue weighted by Gasteiger charge is -2.00. The van der Waals surface area contributed by atoms with E-state index in [1.807, 2.05) is 0 Å². The Bertz CT molecular complexity index is 516. The number of hydrogen-bond donors (Lipinski definition) is 2. The van der Waals surface area contributed by atoms with Gasteiger partial charge < -0.3 is 5.84 Å². The predicted octanol–water partition coefficient (Wildman–Crippen LogP) is 1.46. The van der Waals surface area contributed by atoms with Crippen molar-refractivity contribution in [1.29, 1.82) is 0 Å². The van der Waals surface area contributed by atoms with Crippen molar-refractivity contribution in [1.82, 2.24) is 14.9 Å². The lowest BCUT2D eigenvalue weighted by molar-refractivity contribution is 0.629.